The van der Waals surface area contributed by atoms with Crippen LogP contribution in [-0.4, -0.2) is 10.9 Å². The molecule has 1 aromatic heterocycles. The lowest BCUT2D eigenvalue weighted by atomic mass is 10.0. The lowest BCUT2D eigenvalue weighted by Gasteiger charge is -2.15. The summed E-state index contributed by atoms with van der Waals surface area (Å²) in [6, 6.07) is 9.44. The average Bonchev–Trinajstić information content (AvgIpc) is 2.55. The van der Waals surface area contributed by atoms with Crippen molar-refractivity contribution < 1.29 is 22.4 Å². The molecule has 0 atom stereocenters. The maximum absolute atomic E-state index is 13.8. The number of amides is 1. The van der Waals surface area contributed by atoms with Gasteiger partial charge in [0.15, 0.2) is 0 Å². The molecule has 0 spiro atoms. The summed E-state index contributed by atoms with van der Waals surface area (Å²) in [4.78, 5) is 16.2. The number of alkyl halides is 3. The van der Waals surface area contributed by atoms with E-state index in [1.54, 1.807) is 6.07 Å². The van der Waals surface area contributed by atoms with Crippen LogP contribution < -0.4 is 5.32 Å². The highest BCUT2D eigenvalue weighted by atomic mass is 79.9. The Bertz CT molecular complexity index is 973. The van der Waals surface area contributed by atoms with Gasteiger partial charge in [-0.15, -0.1) is 0 Å². The van der Waals surface area contributed by atoms with Gasteiger partial charge in [-0.25, -0.2) is 4.39 Å². The number of para-hydroxylation sites is 1. The van der Waals surface area contributed by atoms with Gasteiger partial charge in [0.2, 0.25) is 0 Å². The lowest BCUT2D eigenvalue weighted by Crippen LogP contribution is -2.20. The van der Waals surface area contributed by atoms with Crippen molar-refractivity contribution in [2.45, 2.75) is 6.18 Å². The molecule has 1 N–H and O–H groups in total. The van der Waals surface area contributed by atoms with Crippen LogP contribution in [-0.2, 0) is 6.18 Å². The van der Waals surface area contributed by atoms with Gasteiger partial charge >= 0.3 is 6.18 Å². The van der Waals surface area contributed by atoms with Crippen molar-refractivity contribution in [1.82, 2.24) is 4.98 Å². The van der Waals surface area contributed by atoms with Gasteiger partial charge in [0.25, 0.3) is 5.91 Å². The molecule has 0 aliphatic heterocycles. The highest BCUT2D eigenvalue weighted by Gasteiger charge is 2.37. The molecular formula is C17H9BrF4N2O. The number of benzene rings is 2. The van der Waals surface area contributed by atoms with Crippen LogP contribution >= 0.6 is 15.9 Å². The number of anilines is 1. The molecule has 1 heterocycles. The number of aromatic nitrogens is 1. The molecule has 128 valence electrons. The van der Waals surface area contributed by atoms with E-state index in [0.29, 0.717) is 4.47 Å². The second kappa shape index (κ2) is 6.44. The molecule has 25 heavy (non-hydrogen) atoms. The van der Waals surface area contributed by atoms with E-state index in [1.807, 2.05) is 0 Å². The van der Waals surface area contributed by atoms with Crippen LogP contribution in [0, 0.1) is 5.82 Å². The fraction of sp³-hybridized carbons (Fsp3) is 0.0588. The van der Waals surface area contributed by atoms with Gasteiger partial charge < -0.3 is 5.32 Å². The van der Waals surface area contributed by atoms with Crippen LogP contribution in [0.25, 0.3) is 10.9 Å². The molecule has 3 nitrogen and oxygen atoms in total. The smallest absolute Gasteiger partial charge is 0.319 e. The normalized spacial score (nSPS) is 11.6. The van der Waals surface area contributed by atoms with E-state index in [1.165, 1.54) is 30.3 Å². The maximum atomic E-state index is 13.8. The Hall–Kier alpha value is -2.48. The van der Waals surface area contributed by atoms with Gasteiger partial charge in [0.1, 0.15) is 5.82 Å². The number of hydrogen-bond donors (Lipinski definition) is 1. The third-order valence-electron chi connectivity index (χ3n) is 3.48. The van der Waals surface area contributed by atoms with Crippen molar-refractivity contribution in [2.75, 3.05) is 5.32 Å². The molecule has 0 aliphatic rings. The third kappa shape index (κ3) is 3.48. The lowest BCUT2D eigenvalue weighted by molar-refractivity contribution is -0.136. The Morgan fingerprint density at radius 3 is 2.52 bits per heavy atom. The maximum Gasteiger partial charge on any atom is 0.417 e. The number of carbonyl (C=O) groups excluding carboxylic acids is 1. The van der Waals surface area contributed by atoms with E-state index in [2.05, 4.69) is 26.2 Å². The minimum Gasteiger partial charge on any atom is -0.319 e. The molecule has 0 radical (unpaired) electrons. The molecule has 8 heteroatoms. The molecule has 3 aromatic rings. The number of hydrogen-bond acceptors (Lipinski definition) is 2. The fourth-order valence-corrected chi connectivity index (χ4v) is 2.73. The number of fused-ring (bicyclic) bond motifs is 1. The van der Waals surface area contributed by atoms with Crippen LogP contribution in [0.3, 0.4) is 0 Å². The van der Waals surface area contributed by atoms with Gasteiger partial charge in [0, 0.05) is 16.1 Å². The molecule has 0 unspecified atom stereocenters. The minimum atomic E-state index is -4.77. The topological polar surface area (TPSA) is 42.0 Å². The van der Waals surface area contributed by atoms with E-state index in [-0.39, 0.29) is 16.6 Å². The molecule has 3 rings (SSSR count). The van der Waals surface area contributed by atoms with Crippen LogP contribution in [0.5, 0.6) is 0 Å². The van der Waals surface area contributed by atoms with Gasteiger partial charge in [-0.1, -0.05) is 34.1 Å². The number of carbonyl (C=O) groups is 1. The summed E-state index contributed by atoms with van der Waals surface area (Å²) in [6.07, 6.45) is -3.93. The standard InChI is InChI=1S/C17H9BrF4N2O/c18-9-5-6-14(12(19)7-9)24-16(25)11-8-23-13-4-2-1-3-10(13)15(11)17(20,21)22/h1-8H,(H,24,25). The molecule has 0 fully saturated rings. The Morgan fingerprint density at radius 2 is 1.84 bits per heavy atom. The summed E-state index contributed by atoms with van der Waals surface area (Å²) >= 11 is 3.06. The van der Waals surface area contributed by atoms with Crippen molar-refractivity contribution in [3.63, 3.8) is 0 Å². The van der Waals surface area contributed by atoms with Gasteiger partial charge in [-0.05, 0) is 24.3 Å². The van der Waals surface area contributed by atoms with Crippen molar-refractivity contribution >= 4 is 38.4 Å². The average molecular weight is 413 g/mol. The zero-order valence-corrected chi connectivity index (χ0v) is 14.0. The van der Waals surface area contributed by atoms with Gasteiger partial charge in [-0.2, -0.15) is 13.2 Å². The van der Waals surface area contributed by atoms with Crippen molar-refractivity contribution in [3.8, 4) is 0 Å². The summed E-state index contributed by atoms with van der Waals surface area (Å²) in [5, 5.41) is 1.96. The molecule has 0 saturated carbocycles. The molecule has 0 bridgehead atoms. The quantitative estimate of drug-likeness (QED) is 0.572. The predicted molar refractivity (Wildman–Crippen MR) is 88.8 cm³/mol. The van der Waals surface area contributed by atoms with Crippen LogP contribution in [0.2, 0.25) is 0 Å². The summed E-state index contributed by atoms with van der Waals surface area (Å²) in [7, 11) is 0. The second-order valence-corrected chi connectivity index (χ2v) is 6.06. The van der Waals surface area contributed by atoms with E-state index >= 15 is 0 Å². The van der Waals surface area contributed by atoms with E-state index < -0.39 is 29.0 Å². The molecule has 2 aromatic carbocycles. The zero-order chi connectivity index (χ0) is 18.2. The zero-order valence-electron chi connectivity index (χ0n) is 12.4. The second-order valence-electron chi connectivity index (χ2n) is 5.14. The number of halogens is 5. The first kappa shape index (κ1) is 17.3. The summed E-state index contributed by atoms with van der Waals surface area (Å²) < 4.78 is 54.8. The van der Waals surface area contributed by atoms with Crippen molar-refractivity contribution in [2.24, 2.45) is 0 Å². The van der Waals surface area contributed by atoms with E-state index in [4.69, 9.17) is 0 Å². The molecule has 1 amide bonds. The third-order valence-corrected chi connectivity index (χ3v) is 3.98. The highest BCUT2D eigenvalue weighted by molar-refractivity contribution is 9.10. The van der Waals surface area contributed by atoms with Gasteiger partial charge in [0.05, 0.1) is 22.3 Å². The summed E-state index contributed by atoms with van der Waals surface area (Å²) in [5.74, 6) is -1.86. The Kier molecular flexibility index (Phi) is 4.47. The van der Waals surface area contributed by atoms with Gasteiger partial charge in [-0.3, -0.25) is 9.78 Å². The predicted octanol–water partition coefficient (Wildman–Crippen LogP) is 5.41. The Morgan fingerprint density at radius 1 is 1.12 bits per heavy atom. The van der Waals surface area contributed by atoms with E-state index in [0.717, 1.165) is 12.3 Å². The van der Waals surface area contributed by atoms with E-state index in [9.17, 15) is 22.4 Å². The number of nitrogens with zero attached hydrogens (tertiary/aromatic N) is 1. The Labute approximate surface area is 147 Å². The van der Waals surface area contributed by atoms with Crippen LogP contribution in [0.4, 0.5) is 23.2 Å². The first-order valence-electron chi connectivity index (χ1n) is 6.98. The number of nitrogens with one attached hydrogen (secondary N) is 1. The summed E-state index contributed by atoms with van der Waals surface area (Å²) in [5.41, 5.74) is -1.89. The first-order chi connectivity index (χ1) is 11.8. The number of pyridine rings is 1. The van der Waals surface area contributed by atoms with Crippen molar-refractivity contribution in [1.29, 1.82) is 0 Å². The highest BCUT2D eigenvalue weighted by Crippen LogP contribution is 2.37. The SMILES string of the molecule is O=C(Nc1ccc(Br)cc1F)c1cnc2ccccc2c1C(F)(F)F. The molecular weight excluding hydrogens is 404 g/mol. The minimum absolute atomic E-state index is 0.112. The number of rotatable bonds is 2. The largest absolute Gasteiger partial charge is 0.417 e. The summed E-state index contributed by atoms with van der Waals surface area (Å²) in [6.45, 7) is 0. The van der Waals surface area contributed by atoms with Crippen LogP contribution in [0.1, 0.15) is 15.9 Å². The first-order valence-corrected chi connectivity index (χ1v) is 7.78. The Balaban J connectivity index is 2.10. The van der Waals surface area contributed by atoms with Crippen molar-refractivity contribution in [3.05, 3.63) is 70.1 Å². The van der Waals surface area contributed by atoms with Crippen LogP contribution in [0.15, 0.2) is 53.1 Å². The molecule has 0 aliphatic carbocycles. The monoisotopic (exact) mass is 412 g/mol. The fourth-order valence-electron chi connectivity index (χ4n) is 2.40. The molecule has 0 saturated heterocycles.